The summed E-state index contributed by atoms with van der Waals surface area (Å²) in [5.74, 6) is -0.149. The zero-order valence-corrected chi connectivity index (χ0v) is 17.9. The van der Waals surface area contributed by atoms with Crippen LogP contribution in [-0.4, -0.2) is 72.7 Å². The number of hydrogen-bond acceptors (Lipinski definition) is 5. The van der Waals surface area contributed by atoms with Gasteiger partial charge in [0, 0.05) is 32.4 Å². The molecule has 0 aliphatic carbocycles. The Morgan fingerprint density at radius 3 is 2.44 bits per heavy atom. The first kappa shape index (κ1) is 23.6. The second-order valence-corrected chi connectivity index (χ2v) is 7.52. The molecule has 0 bridgehead atoms. The first-order chi connectivity index (χ1) is 15.2. The van der Waals surface area contributed by atoms with Crippen LogP contribution in [-0.2, 0) is 11.2 Å². The standard InChI is InChI=1S/C21H21ClF3N3O4/c1-31-16-4-2-3-14(9-16)10-18(29)27-5-7-28(8-6-27)20(30)15-11-17(22)19(26-12-15)32-13-21(23,24)25/h2-4,9,11-12H,5-8,10,13H2,1H3. The van der Waals surface area contributed by atoms with Crippen molar-refractivity contribution in [1.29, 1.82) is 0 Å². The second-order valence-electron chi connectivity index (χ2n) is 7.12. The van der Waals surface area contributed by atoms with E-state index >= 15 is 0 Å². The van der Waals surface area contributed by atoms with Crippen molar-refractivity contribution < 1.29 is 32.2 Å². The summed E-state index contributed by atoms with van der Waals surface area (Å²) in [6, 6.07) is 8.49. The van der Waals surface area contributed by atoms with Gasteiger partial charge >= 0.3 is 6.18 Å². The number of nitrogens with zero attached hydrogens (tertiary/aromatic N) is 3. The molecule has 2 amide bonds. The van der Waals surface area contributed by atoms with Crippen LogP contribution in [0.1, 0.15) is 15.9 Å². The number of methoxy groups -OCH3 is 1. The molecule has 7 nitrogen and oxygen atoms in total. The lowest BCUT2D eigenvalue weighted by atomic mass is 10.1. The molecule has 0 N–H and O–H groups in total. The molecule has 1 aromatic carbocycles. The Kier molecular flexibility index (Phi) is 7.44. The van der Waals surface area contributed by atoms with Gasteiger partial charge in [-0.2, -0.15) is 13.2 Å². The summed E-state index contributed by atoms with van der Waals surface area (Å²) in [6.45, 7) is -0.178. The largest absolute Gasteiger partial charge is 0.497 e. The third-order valence-corrected chi connectivity index (χ3v) is 5.11. The third-order valence-electron chi connectivity index (χ3n) is 4.84. The lowest BCUT2D eigenvalue weighted by Crippen LogP contribution is -2.51. The highest BCUT2D eigenvalue weighted by Crippen LogP contribution is 2.25. The monoisotopic (exact) mass is 471 g/mol. The number of piperazine rings is 1. The van der Waals surface area contributed by atoms with E-state index in [1.54, 1.807) is 29.0 Å². The highest BCUT2D eigenvalue weighted by Gasteiger charge is 2.30. The van der Waals surface area contributed by atoms with Gasteiger partial charge in [0.25, 0.3) is 5.91 Å². The van der Waals surface area contributed by atoms with E-state index in [-0.39, 0.29) is 28.8 Å². The van der Waals surface area contributed by atoms with Crippen molar-refractivity contribution in [1.82, 2.24) is 14.8 Å². The molecule has 1 fully saturated rings. The Bertz CT molecular complexity index is 979. The van der Waals surface area contributed by atoms with E-state index in [0.717, 1.165) is 11.8 Å². The zero-order chi connectivity index (χ0) is 23.3. The van der Waals surface area contributed by atoms with Crippen molar-refractivity contribution >= 4 is 23.4 Å². The minimum absolute atomic E-state index is 0.0544. The molecule has 0 unspecified atom stereocenters. The van der Waals surface area contributed by atoms with E-state index in [9.17, 15) is 22.8 Å². The second kappa shape index (κ2) is 10.1. The Balaban J connectivity index is 1.54. The number of rotatable bonds is 6. The van der Waals surface area contributed by atoms with E-state index in [1.165, 1.54) is 6.07 Å². The Hall–Kier alpha value is -3.01. The SMILES string of the molecule is COc1cccc(CC(=O)N2CCN(C(=O)c3cnc(OCC(F)(F)F)c(Cl)c3)CC2)c1. The molecule has 0 radical (unpaired) electrons. The van der Waals surface area contributed by atoms with Crippen LogP contribution in [0.5, 0.6) is 11.6 Å². The fourth-order valence-electron chi connectivity index (χ4n) is 3.21. The number of ether oxygens (including phenoxy) is 2. The molecule has 3 rings (SSSR count). The smallest absolute Gasteiger partial charge is 0.422 e. The zero-order valence-electron chi connectivity index (χ0n) is 17.2. The highest BCUT2D eigenvalue weighted by atomic mass is 35.5. The van der Waals surface area contributed by atoms with Crippen LogP contribution in [0.25, 0.3) is 0 Å². The van der Waals surface area contributed by atoms with Crippen LogP contribution in [0.3, 0.4) is 0 Å². The third kappa shape index (κ3) is 6.25. The molecule has 172 valence electrons. The first-order valence-electron chi connectivity index (χ1n) is 9.71. The van der Waals surface area contributed by atoms with E-state index in [0.29, 0.717) is 31.9 Å². The van der Waals surface area contributed by atoms with Crippen molar-refractivity contribution in [3.63, 3.8) is 0 Å². The van der Waals surface area contributed by atoms with Crippen LogP contribution in [0.2, 0.25) is 5.02 Å². The first-order valence-corrected chi connectivity index (χ1v) is 10.1. The molecular formula is C21H21ClF3N3O4. The van der Waals surface area contributed by atoms with Gasteiger partial charge in [0.1, 0.15) is 10.8 Å². The van der Waals surface area contributed by atoms with Crippen molar-refractivity contribution in [3.8, 4) is 11.6 Å². The summed E-state index contributed by atoms with van der Waals surface area (Å²) in [5, 5.41) is -0.188. The maximum atomic E-state index is 12.7. The van der Waals surface area contributed by atoms with Gasteiger partial charge in [0.05, 0.1) is 19.1 Å². The number of alkyl halides is 3. The number of carbonyl (C=O) groups is 2. The fourth-order valence-corrected chi connectivity index (χ4v) is 3.43. The number of pyridine rings is 1. The molecule has 0 atom stereocenters. The molecular weight excluding hydrogens is 451 g/mol. The minimum Gasteiger partial charge on any atom is -0.497 e. The average molecular weight is 472 g/mol. The van der Waals surface area contributed by atoms with Crippen LogP contribution < -0.4 is 9.47 Å². The number of benzene rings is 1. The predicted octanol–water partition coefficient (Wildman–Crippen LogP) is 3.21. The maximum Gasteiger partial charge on any atom is 0.422 e. The number of hydrogen-bond donors (Lipinski definition) is 0. The van der Waals surface area contributed by atoms with E-state index in [4.69, 9.17) is 16.3 Å². The highest BCUT2D eigenvalue weighted by molar-refractivity contribution is 6.32. The molecule has 1 saturated heterocycles. The molecule has 1 aliphatic heterocycles. The van der Waals surface area contributed by atoms with Crippen molar-refractivity contribution in [2.75, 3.05) is 39.9 Å². The van der Waals surface area contributed by atoms with Crippen molar-refractivity contribution in [2.45, 2.75) is 12.6 Å². The quantitative estimate of drug-likeness (QED) is 0.647. The van der Waals surface area contributed by atoms with Gasteiger partial charge in [-0.1, -0.05) is 23.7 Å². The van der Waals surface area contributed by atoms with Crippen LogP contribution >= 0.6 is 11.6 Å². The van der Waals surface area contributed by atoms with Crippen molar-refractivity contribution in [2.24, 2.45) is 0 Å². The molecule has 32 heavy (non-hydrogen) atoms. The van der Waals surface area contributed by atoms with Gasteiger partial charge < -0.3 is 19.3 Å². The van der Waals surface area contributed by atoms with E-state index in [2.05, 4.69) is 9.72 Å². The predicted molar refractivity (Wildman–Crippen MR) is 110 cm³/mol. The average Bonchev–Trinajstić information content (AvgIpc) is 2.77. The van der Waals surface area contributed by atoms with E-state index in [1.807, 2.05) is 12.1 Å². The molecule has 1 aromatic heterocycles. The van der Waals surface area contributed by atoms with Gasteiger partial charge in [-0.05, 0) is 23.8 Å². The van der Waals surface area contributed by atoms with Crippen molar-refractivity contribution in [3.05, 3.63) is 52.7 Å². The number of carbonyl (C=O) groups excluding carboxylic acids is 2. The van der Waals surface area contributed by atoms with Crippen LogP contribution in [0.15, 0.2) is 36.5 Å². The molecule has 1 aliphatic rings. The fraction of sp³-hybridized carbons (Fsp3) is 0.381. The Labute approximate surface area is 187 Å². The molecule has 11 heteroatoms. The molecule has 2 heterocycles. The lowest BCUT2D eigenvalue weighted by molar-refractivity contribution is -0.154. The number of aromatic nitrogens is 1. The van der Waals surface area contributed by atoms with E-state index < -0.39 is 18.7 Å². The Morgan fingerprint density at radius 1 is 1.12 bits per heavy atom. The van der Waals surface area contributed by atoms with Crippen LogP contribution in [0, 0.1) is 0 Å². The summed E-state index contributed by atoms with van der Waals surface area (Å²) in [7, 11) is 1.56. The molecule has 0 saturated carbocycles. The van der Waals surface area contributed by atoms with Gasteiger partial charge in [-0.15, -0.1) is 0 Å². The summed E-state index contributed by atoms with van der Waals surface area (Å²) in [6.07, 6.45) is -3.17. The van der Waals surface area contributed by atoms with Gasteiger partial charge in [0.2, 0.25) is 11.8 Å². The summed E-state index contributed by atoms with van der Waals surface area (Å²) in [5.41, 5.74) is 0.965. The summed E-state index contributed by atoms with van der Waals surface area (Å²) >= 11 is 5.92. The van der Waals surface area contributed by atoms with Gasteiger partial charge in [-0.25, -0.2) is 4.98 Å². The van der Waals surface area contributed by atoms with Crippen LogP contribution in [0.4, 0.5) is 13.2 Å². The summed E-state index contributed by atoms with van der Waals surface area (Å²) < 4.78 is 46.5. The summed E-state index contributed by atoms with van der Waals surface area (Å²) in [4.78, 5) is 32.2. The molecule has 0 spiro atoms. The molecule has 2 aromatic rings. The van der Waals surface area contributed by atoms with Gasteiger partial charge in [0.15, 0.2) is 6.61 Å². The topological polar surface area (TPSA) is 72.0 Å². The normalized spacial score (nSPS) is 14.3. The maximum absolute atomic E-state index is 12.7. The minimum atomic E-state index is -4.52. The number of halogens is 4. The van der Waals surface area contributed by atoms with Gasteiger partial charge in [-0.3, -0.25) is 9.59 Å². The number of amides is 2. The lowest BCUT2D eigenvalue weighted by Gasteiger charge is -2.35. The Morgan fingerprint density at radius 2 is 1.81 bits per heavy atom.